The summed E-state index contributed by atoms with van der Waals surface area (Å²) in [4.78, 5) is 35.2. The van der Waals surface area contributed by atoms with Gasteiger partial charge in [-0.1, -0.05) is 351 Å². The van der Waals surface area contributed by atoms with Gasteiger partial charge in [-0.3, -0.25) is 0 Å². The molecule has 9 nitrogen and oxygen atoms in total. The number of rotatable bonds is 6. The highest BCUT2D eigenvalue weighted by atomic mass is 32.2. The minimum absolute atomic E-state index is 0.101. The number of fused-ring (bicyclic) bond motifs is 39. The lowest BCUT2D eigenvalue weighted by molar-refractivity contribution is 1.16. The lowest BCUT2D eigenvalue weighted by atomic mass is 9.90. The molecule has 0 saturated heterocycles. The second kappa shape index (κ2) is 32.3. The fourth-order valence-corrected chi connectivity index (χ4v) is 28.3. The van der Waals surface area contributed by atoms with E-state index in [4.69, 9.17) is 38.1 Å². The molecule has 15 heteroatoms. The number of anilines is 6. The molecule has 0 N–H and O–H groups in total. The number of benzene rings is 21. The zero-order chi connectivity index (χ0) is 96.2. The van der Waals surface area contributed by atoms with E-state index in [1.807, 2.05) is 84.2 Å². The van der Waals surface area contributed by atoms with Crippen molar-refractivity contribution in [3.8, 4) is 67.2 Å². The van der Waals surface area contributed by atoms with Gasteiger partial charge in [0.15, 0.2) is 0 Å². The molecule has 3 aliphatic rings. The summed E-state index contributed by atoms with van der Waals surface area (Å²) in [6, 6.07) is 133. The van der Waals surface area contributed by atoms with Crippen molar-refractivity contribution in [3.63, 3.8) is 0 Å². The number of hydrogen-bond donors (Lipinski definition) is 0. The topological polar surface area (TPSA) is 87.1 Å². The lowest BCUT2D eigenvalue weighted by Crippen LogP contribution is -2.16. The van der Waals surface area contributed by atoms with E-state index in [0.717, 1.165) is 97.9 Å². The van der Waals surface area contributed by atoms with Crippen LogP contribution >= 0.6 is 69.9 Å². The Morgan fingerprint density at radius 2 is 0.565 bits per heavy atom. The maximum absolute atomic E-state index is 8.81. The third-order valence-corrected chi connectivity index (χ3v) is 33.9. The number of para-hydroxylation sites is 3. The molecule has 138 heavy (non-hydrogen) atoms. The van der Waals surface area contributed by atoms with Gasteiger partial charge in [0.2, 0.25) is 17.8 Å². The van der Waals surface area contributed by atoms with Crippen LogP contribution in [-0.4, -0.2) is 29.9 Å². The summed E-state index contributed by atoms with van der Waals surface area (Å²) in [5, 5.41) is 24.9. The zero-order valence-corrected chi connectivity index (χ0v) is 78.7. The van der Waals surface area contributed by atoms with Crippen molar-refractivity contribution in [1.82, 2.24) is 29.9 Å². The van der Waals surface area contributed by atoms with Crippen LogP contribution in [0.1, 0.15) is 24.9 Å². The Kier molecular flexibility index (Phi) is 17.4. The SMILES string of the molecule is Cc1ccccc1-c1nc(N2Sc3ccc4ccccc4c3-c3c2c2sc4ccccc4c2c2ccccc32)nc2ccccc12.[2H]C([2H])([2H])c1ccc(-c2nc(N3Sc4ccc5ccccc5c4-c4c3c3sc5ccccc5c3c3ccccc43)nc3ccccc23)c(C)c1.[2H]c1cc([2H])c(-c2nc(N3Sc4ccc5ccccc5c4-c4c3c3sc5ccccc5c3c3ccccc43)nc3ccccc23)c([2H])c1. The normalized spacial score (nSPS) is 13.5. The minimum atomic E-state index is -2.19. The molecule has 30 rings (SSSR count). The van der Waals surface area contributed by atoms with Crippen LogP contribution in [0.3, 0.4) is 0 Å². The summed E-state index contributed by atoms with van der Waals surface area (Å²) in [6.45, 7) is 1.93. The molecule has 0 bridgehead atoms. The van der Waals surface area contributed by atoms with Crippen LogP contribution in [0, 0.1) is 20.7 Å². The standard InChI is InChI=1S/C42H27N3S2.C41H25N3S2.C40H23N3S2/c1-24-19-21-27(25(2)23-24)39-31-15-7-9-17-33(31)43-42(44-39)45-40-38(37-28-12-4-3-11-26(28)20-22-35(37)47-45)30-14-6-5-13-29(30)36-32-16-8-10-18-34(32)46-41(36)40;1-24-12-2-4-14-26(24)38-30-18-8-10-20-32(30)42-41(43-38)44-39-37(36-27-15-5-3-13-25(27)22-23-34(36)46-44)29-17-7-6-16-28(29)35-31-19-9-11-21-33(31)45-40(35)39;1-2-13-25(14-3-1)37-29-18-8-10-20-31(29)41-40(42-37)43-38-36(35-26-15-5-4-12-24(26)22-23-33(35)45-43)28-17-7-6-16-27(28)34-30-19-9-11-21-32(30)44-39(34)38/h3-23H,1-2H3;2-23H,1H3;1-23H/i1D3;;1D,13D,14D. The highest BCUT2D eigenvalue weighted by Gasteiger charge is 2.39. The Bertz CT molecular complexity index is 10200. The lowest BCUT2D eigenvalue weighted by Gasteiger charge is -2.32. The number of aryl methyl sites for hydroxylation is 3. The predicted octanol–water partition coefficient (Wildman–Crippen LogP) is 36.3. The molecule has 0 amide bonds. The Balaban J connectivity index is 0.000000105. The molecule has 3 aliphatic heterocycles. The van der Waals surface area contributed by atoms with E-state index < -0.39 is 6.85 Å². The first-order valence-electron chi connectivity index (χ1n) is 48.8. The average molecular weight is 1880 g/mol. The Morgan fingerprint density at radius 1 is 0.254 bits per heavy atom. The summed E-state index contributed by atoms with van der Waals surface area (Å²) in [7, 11) is 0. The van der Waals surface area contributed by atoms with E-state index in [1.165, 1.54) is 171 Å². The van der Waals surface area contributed by atoms with Crippen molar-refractivity contribution in [1.29, 1.82) is 0 Å². The largest absolute Gasteiger partial charge is 0.246 e. The maximum Gasteiger partial charge on any atom is 0.241 e. The molecule has 0 unspecified atom stereocenters. The van der Waals surface area contributed by atoms with Crippen molar-refractivity contribution in [2.45, 2.75) is 35.4 Å². The van der Waals surface area contributed by atoms with Crippen LogP contribution in [0.25, 0.3) is 225 Å². The fourth-order valence-electron chi connectivity index (χ4n) is 21.2. The van der Waals surface area contributed by atoms with Crippen LogP contribution in [0.5, 0.6) is 0 Å². The van der Waals surface area contributed by atoms with E-state index >= 15 is 0 Å². The number of hydrogen-bond acceptors (Lipinski definition) is 15. The van der Waals surface area contributed by atoms with Crippen molar-refractivity contribution < 1.29 is 8.22 Å². The Morgan fingerprint density at radius 3 is 0.942 bits per heavy atom. The molecule has 0 aliphatic carbocycles. The quantitative estimate of drug-likeness (QED) is 0.149. The van der Waals surface area contributed by atoms with Gasteiger partial charge >= 0.3 is 0 Å². The smallest absolute Gasteiger partial charge is 0.241 e. The molecular weight excluding hydrogens is 1800 g/mol. The molecule has 0 atom stereocenters. The van der Waals surface area contributed by atoms with Gasteiger partial charge in [0.1, 0.15) is 0 Å². The van der Waals surface area contributed by atoms with Crippen molar-refractivity contribution in [2.75, 3.05) is 12.9 Å². The number of aromatic nitrogens is 6. The third-order valence-electron chi connectivity index (χ3n) is 27.2. The molecule has 27 aromatic rings. The molecular formula is C123H75N9S6. The summed E-state index contributed by atoms with van der Waals surface area (Å²) in [5.41, 5.74) is 20.1. The van der Waals surface area contributed by atoms with Crippen molar-refractivity contribution >= 4 is 263 Å². The highest BCUT2D eigenvalue weighted by molar-refractivity contribution is 8.01. The zero-order valence-electron chi connectivity index (χ0n) is 79.8. The molecule has 9 heterocycles. The predicted molar refractivity (Wildman–Crippen MR) is 592 cm³/mol. The van der Waals surface area contributed by atoms with Crippen molar-refractivity contribution in [3.05, 3.63) is 417 Å². The first-order chi connectivity index (χ1) is 70.6. The first kappa shape index (κ1) is 74.6. The Labute approximate surface area is 826 Å². The molecule has 0 fully saturated rings. The molecule has 6 aromatic heterocycles. The summed E-state index contributed by atoms with van der Waals surface area (Å²) < 4.78 is 63.8. The van der Waals surface area contributed by atoms with Crippen LogP contribution in [0.4, 0.5) is 34.9 Å². The second-order valence-electron chi connectivity index (χ2n) is 35.0. The minimum Gasteiger partial charge on any atom is -0.246 e. The fraction of sp³-hybridized carbons (Fsp3) is 0.0244. The van der Waals surface area contributed by atoms with Gasteiger partial charge < -0.3 is 0 Å². The summed E-state index contributed by atoms with van der Waals surface area (Å²) in [5.74, 6) is 1.75. The summed E-state index contributed by atoms with van der Waals surface area (Å²) >= 11 is 10.5. The molecule has 0 spiro atoms. The summed E-state index contributed by atoms with van der Waals surface area (Å²) in [6.07, 6.45) is 0. The van der Waals surface area contributed by atoms with Gasteiger partial charge in [-0.2, -0.15) is 0 Å². The van der Waals surface area contributed by atoms with Crippen LogP contribution in [0.2, 0.25) is 0 Å². The number of nitrogens with zero attached hydrogens (tertiary/aromatic N) is 9. The van der Waals surface area contributed by atoms with Crippen LogP contribution in [-0.2, 0) is 0 Å². The van der Waals surface area contributed by atoms with E-state index in [-0.39, 0.29) is 18.1 Å². The first-order valence-corrected chi connectivity index (χ1v) is 50.6. The van der Waals surface area contributed by atoms with Crippen LogP contribution < -0.4 is 12.9 Å². The maximum atomic E-state index is 8.81. The van der Waals surface area contributed by atoms with Gasteiger partial charge in [-0.15, -0.1) is 34.0 Å². The van der Waals surface area contributed by atoms with Gasteiger partial charge in [-0.25, -0.2) is 42.8 Å². The van der Waals surface area contributed by atoms with Gasteiger partial charge in [0.05, 0.1) is 68.9 Å². The molecule has 0 saturated carbocycles. The molecule has 648 valence electrons. The van der Waals surface area contributed by atoms with E-state index in [1.54, 1.807) is 59.3 Å². The molecule has 21 aromatic carbocycles. The molecule has 0 radical (unpaired) electrons. The van der Waals surface area contributed by atoms with Crippen molar-refractivity contribution in [2.24, 2.45) is 0 Å². The van der Waals surface area contributed by atoms with Crippen LogP contribution in [0.15, 0.2) is 415 Å². The monoisotopic (exact) mass is 1880 g/mol. The Hall–Kier alpha value is -15.7. The van der Waals surface area contributed by atoms with Gasteiger partial charge in [-0.05, 0) is 187 Å². The third kappa shape index (κ3) is 12.7. The average Bonchev–Trinajstić information content (AvgIpc) is 1.30. The van der Waals surface area contributed by atoms with Gasteiger partial charge in [0, 0.05) is 131 Å². The van der Waals surface area contributed by atoms with E-state index in [9.17, 15) is 0 Å². The second-order valence-corrected chi connectivity index (χ2v) is 41.1. The van der Waals surface area contributed by atoms with E-state index in [2.05, 4.69) is 323 Å². The van der Waals surface area contributed by atoms with Gasteiger partial charge in [0.25, 0.3) is 0 Å². The highest BCUT2D eigenvalue weighted by Crippen LogP contribution is 2.64. The van der Waals surface area contributed by atoms with E-state index in [0.29, 0.717) is 34.7 Å². The number of thiophene rings is 3.